The van der Waals surface area contributed by atoms with Gasteiger partial charge in [-0.2, -0.15) is 0 Å². The van der Waals surface area contributed by atoms with Crippen molar-refractivity contribution < 1.29 is 61.8 Å². The second-order valence-electron chi connectivity index (χ2n) is 34.2. The number of carbonyl (C=O) groups excluding carboxylic acids is 3. The molecule has 4 unspecified atom stereocenters. The Kier molecular flexibility index (Phi) is 29.5. The fourth-order valence-corrected chi connectivity index (χ4v) is 23.6. The summed E-state index contributed by atoms with van der Waals surface area (Å²) in [5.74, 6) is 10.7. The molecule has 52 heteroatoms. The molecule has 15 heterocycles. The summed E-state index contributed by atoms with van der Waals surface area (Å²) >= 11 is 25.3. The highest BCUT2D eigenvalue weighted by Gasteiger charge is 2.37. The van der Waals surface area contributed by atoms with Gasteiger partial charge in [0.1, 0.15) is 36.3 Å². The van der Waals surface area contributed by atoms with Crippen LogP contribution < -0.4 is 97.5 Å². The average molecular weight is 2350 g/mol. The molecule has 0 bridgehead atoms. The molecule has 5 aliphatic heterocycles. The van der Waals surface area contributed by atoms with Gasteiger partial charge in [0.15, 0.2) is 157 Å². The van der Waals surface area contributed by atoms with Crippen LogP contribution in [0.2, 0.25) is 0 Å². The lowest BCUT2D eigenvalue weighted by molar-refractivity contribution is -0.120. The predicted octanol–water partition coefficient (Wildman–Crippen LogP) is 15.9. The molecular formula is C90H90Br5N29O13S5. The Hall–Kier alpha value is -11.5. The molecule has 5 aromatic carbocycles. The molecule has 42 nitrogen and oxygen atoms in total. The van der Waals surface area contributed by atoms with Crippen molar-refractivity contribution in [3.05, 3.63) is 120 Å². The third kappa shape index (κ3) is 22.7. The molecule has 0 spiro atoms. The van der Waals surface area contributed by atoms with Crippen LogP contribution in [0, 0.1) is 29.1 Å². The van der Waals surface area contributed by atoms with Crippen molar-refractivity contribution in [3.8, 4) is 57.5 Å². The summed E-state index contributed by atoms with van der Waals surface area (Å²) in [6, 6.07) is 19.7. The van der Waals surface area contributed by atoms with Gasteiger partial charge >= 0.3 is 0 Å². The highest BCUT2D eigenvalue weighted by molar-refractivity contribution is 9.11. The van der Waals surface area contributed by atoms with Gasteiger partial charge in [-0.3, -0.25) is 19.8 Å². The van der Waals surface area contributed by atoms with E-state index in [0.717, 1.165) is 162 Å². The minimum absolute atomic E-state index is 0.00199. The number of nitrogens with one attached hydrogen (secondary N) is 6. The number of amides is 3. The number of halogens is 5. The first-order chi connectivity index (χ1) is 68.8. The highest BCUT2D eigenvalue weighted by Crippen LogP contribution is 2.51. The Morgan fingerprint density at radius 1 is 0.394 bits per heavy atom. The molecule has 3 amide bonds. The summed E-state index contributed by atoms with van der Waals surface area (Å²) in [5.41, 5.74) is 36.9. The summed E-state index contributed by atoms with van der Waals surface area (Å²) in [6.07, 6.45) is 20.2. The molecule has 24 rings (SSSR count). The van der Waals surface area contributed by atoms with Gasteiger partial charge in [-0.15, -0.1) is 0 Å². The molecule has 9 aliphatic rings. The molecule has 4 fully saturated rings. The van der Waals surface area contributed by atoms with Gasteiger partial charge in [0.2, 0.25) is 51.7 Å². The number of hydrogen-bond acceptors (Lipinski definition) is 38. The molecule has 16 N–H and O–H groups in total. The molecule has 4 aliphatic carbocycles. The number of nitrogen functional groups attached to an aromatic ring is 3. The van der Waals surface area contributed by atoms with E-state index in [1.54, 1.807) is 20.2 Å². The Bertz CT molecular complexity index is 7450. The topological polar surface area (TPSA) is 565 Å². The second-order valence-corrected chi connectivity index (χ2v) is 43.6. The van der Waals surface area contributed by atoms with Crippen LogP contribution in [0.4, 0.5) is 23.3 Å². The molecule has 4 atom stereocenters. The SMILES string of the molecule is CC(=O)NC(CCn1c(Sc2cc3c(cc2Br)OCO3)nc2c(N)ncnc21)C1CC1.CC(=O)Nc1ncnc2c1nc(Sc1cc3c(cc1Br)OCO3)n2CCC(NC(C)=O)C1CC1.N=c1ncn(CCC(N)C2CC2)c2nc(Sc3cc4c(cc3Br)OCO4)[nH]c12.Nc1ncnc2c1nc(Sc1cc3c(cc1Br)OCO3)n2CCC(N)C1CC1.Nc1ncnc2nc(Sc3cc4c(cc3Br)OCO4)[nH]c12. The second kappa shape index (κ2) is 42.8. The first kappa shape index (κ1) is 97.9. The largest absolute Gasteiger partial charge is 0.454 e. The Balaban J connectivity index is 0.000000109. The summed E-state index contributed by atoms with van der Waals surface area (Å²) in [7, 11) is 0. The van der Waals surface area contributed by atoms with Crippen molar-refractivity contribution in [1.82, 2.24) is 109 Å². The van der Waals surface area contributed by atoms with Crippen molar-refractivity contribution in [2.45, 2.75) is 198 Å². The third-order valence-electron chi connectivity index (χ3n) is 24.1. The fourth-order valence-electron chi connectivity index (χ4n) is 16.3. The average Bonchev–Trinajstić information content (AvgIpc) is 1.64. The number of nitrogens with zero attached hydrogens (tertiary/aromatic N) is 18. The van der Waals surface area contributed by atoms with Crippen LogP contribution in [-0.2, 0) is 40.6 Å². The minimum Gasteiger partial charge on any atom is -0.454 e. The van der Waals surface area contributed by atoms with Crippen molar-refractivity contribution in [1.29, 1.82) is 5.41 Å². The van der Waals surface area contributed by atoms with Gasteiger partial charge in [0.25, 0.3) is 0 Å². The zero-order valence-electron chi connectivity index (χ0n) is 75.8. The number of ether oxygens (including phenoxy) is 10. The monoisotopic (exact) mass is 2340 g/mol. The third-order valence-corrected chi connectivity index (χ3v) is 33.8. The van der Waals surface area contributed by atoms with Gasteiger partial charge in [-0.05, 0) is 241 Å². The number of aromatic amines is 2. The normalized spacial score (nSPS) is 15.6. The van der Waals surface area contributed by atoms with E-state index in [-0.39, 0.29) is 81.3 Å². The van der Waals surface area contributed by atoms with E-state index < -0.39 is 0 Å². The number of hydrogen-bond donors (Lipinski definition) is 11. The van der Waals surface area contributed by atoms with E-state index in [1.165, 1.54) is 117 Å². The number of carbonyl (C=O) groups is 3. The van der Waals surface area contributed by atoms with Crippen LogP contribution in [0.15, 0.2) is 165 Å². The van der Waals surface area contributed by atoms with Gasteiger partial charge in [0.05, 0.1) is 6.33 Å². The number of aromatic nitrogens is 20. The lowest BCUT2D eigenvalue weighted by atomic mass is 10.1. The van der Waals surface area contributed by atoms with Crippen molar-refractivity contribution >= 4 is 235 Å². The van der Waals surface area contributed by atoms with E-state index in [0.29, 0.717) is 149 Å². The zero-order valence-corrected chi connectivity index (χ0v) is 87.8. The lowest BCUT2D eigenvalue weighted by Gasteiger charge is -2.18. The van der Waals surface area contributed by atoms with Crippen molar-refractivity contribution in [3.63, 3.8) is 0 Å². The van der Waals surface area contributed by atoms with E-state index in [4.69, 9.17) is 101 Å². The summed E-state index contributed by atoms with van der Waals surface area (Å²) in [5, 5.41) is 20.6. The Morgan fingerprint density at radius 2 is 0.732 bits per heavy atom. The number of rotatable bonds is 29. The molecule has 142 heavy (non-hydrogen) atoms. The summed E-state index contributed by atoms with van der Waals surface area (Å²) < 4.78 is 67.0. The van der Waals surface area contributed by atoms with Crippen LogP contribution >= 0.6 is 138 Å². The number of benzene rings is 5. The zero-order chi connectivity index (χ0) is 98.3. The van der Waals surface area contributed by atoms with Gasteiger partial charge < -0.3 is 120 Å². The van der Waals surface area contributed by atoms with Crippen molar-refractivity contribution in [2.24, 2.45) is 35.1 Å². The number of nitrogens with two attached hydrogens (primary N) is 5. The van der Waals surface area contributed by atoms with Crippen LogP contribution in [0.3, 0.4) is 0 Å². The number of imidazole rings is 5. The summed E-state index contributed by atoms with van der Waals surface area (Å²) in [4.78, 5) is 107. The molecule has 4 saturated carbocycles. The fraction of sp³-hybridized carbons (Fsp3) is 0.356. The van der Waals surface area contributed by atoms with Crippen LogP contribution in [0.25, 0.3) is 55.8 Å². The van der Waals surface area contributed by atoms with E-state index in [2.05, 4.69) is 160 Å². The first-order valence-electron chi connectivity index (χ1n) is 45.1. The van der Waals surface area contributed by atoms with E-state index >= 15 is 0 Å². The van der Waals surface area contributed by atoms with Crippen LogP contribution in [-0.4, -0.2) is 174 Å². The molecule has 738 valence electrons. The Morgan fingerprint density at radius 3 is 1.12 bits per heavy atom. The van der Waals surface area contributed by atoms with Gasteiger partial charge in [-0.25, -0.2) is 69.8 Å². The molecule has 10 aromatic heterocycles. The lowest BCUT2D eigenvalue weighted by Crippen LogP contribution is -2.35. The molecular weight excluding hydrogens is 2260 g/mol. The maximum absolute atomic E-state index is 11.7. The van der Waals surface area contributed by atoms with Gasteiger partial charge in [0, 0.05) is 118 Å². The Labute approximate surface area is 871 Å². The summed E-state index contributed by atoms with van der Waals surface area (Å²) in [6.45, 7) is 8.38. The van der Waals surface area contributed by atoms with Gasteiger partial charge in [-0.1, -0.05) is 58.8 Å². The minimum atomic E-state index is -0.235. The highest BCUT2D eigenvalue weighted by atomic mass is 79.9. The van der Waals surface area contributed by atoms with Crippen LogP contribution in [0.5, 0.6) is 57.5 Å². The molecule has 0 radical (unpaired) electrons. The van der Waals surface area contributed by atoms with Crippen LogP contribution in [0.1, 0.15) is 97.8 Å². The van der Waals surface area contributed by atoms with Crippen molar-refractivity contribution in [2.75, 3.05) is 56.5 Å². The first-order valence-corrected chi connectivity index (χ1v) is 53.1. The molecule has 0 saturated heterocycles. The quantitative estimate of drug-likeness (QED) is 0.0207. The van der Waals surface area contributed by atoms with E-state index in [1.807, 2.05) is 74.4 Å². The predicted molar refractivity (Wildman–Crippen MR) is 545 cm³/mol. The number of aryl methyl sites for hydroxylation is 4. The number of fused-ring (bicyclic) bond motifs is 10. The smallest absolute Gasteiger partial charge is 0.231 e. The number of anilines is 4. The molecule has 15 aromatic rings. The number of H-pyrrole nitrogens is 2. The maximum Gasteiger partial charge on any atom is 0.231 e. The van der Waals surface area contributed by atoms with E-state index in [9.17, 15) is 14.4 Å². The maximum atomic E-state index is 11.7. The standard InChI is InChI=1S/C22H23BrN6O4S.C20H21BrN6O3S.2C18H19BrN6O2S.C12H8BrN5O2S/c1-11(30)26-15(13-3-4-13)5-6-29-21-19(20(24-9-25-21)27-12(2)31)28-22(29)34-18-8-17-16(7-14(18)23)32-10-33-17;1-10(28)25-13(11-2-3-11)4-5-27-19-17(18(22)23-8-24-19)26-20(27)31-16-7-15-14(6-12(16)21)29-9-30-15;19-10-5-12-13(27-8-26-12)6-14(10)28-18-23-15-16(21)22-7-25(17(15)24-18)4-3-11(20)9-1-2-9;19-10-5-12-13(27-8-26-12)6-14(10)28-18-24-15-16(21)22-7-23-17(15)25(18)4-3-11(20)9-1-2-9;13-5-1-6-7(20-4-19-6)2-8(5)21-12-17-9-10(14)15-3-16-11(9)18-12/h7-9,13,15H,3-6,10H2,1-2H3,(H,26,30)(H,24,25,27,31);6-8,11,13H,2-5,9H2,1H3,(H,25,28)(H2,22,23,24);5-7,9,11,21H,1-4,8,20H2,(H,23,24);5-7,9,11H,1-4,8,20H2,(H2,21,22,23);1-3H,4H2,(H3,14,15,16,17,18).